The zero-order valence-corrected chi connectivity index (χ0v) is 17.1. The van der Waals surface area contributed by atoms with Gasteiger partial charge < -0.3 is 20.5 Å². The average molecular weight is 431 g/mol. The number of aliphatic hydroxyl groups is 1. The number of aliphatic hydroxyl groups excluding tert-OH is 1. The van der Waals surface area contributed by atoms with Crippen LogP contribution in [0.2, 0.25) is 5.02 Å². The molecule has 3 N–H and O–H groups in total. The number of hydrogen-bond donors (Lipinski definition) is 3. The molecular weight excluding hydrogens is 412 g/mol. The van der Waals surface area contributed by atoms with Gasteiger partial charge in [-0.3, -0.25) is 9.59 Å². The van der Waals surface area contributed by atoms with Gasteiger partial charge in [0.25, 0.3) is 11.8 Å². The van der Waals surface area contributed by atoms with E-state index < -0.39 is 6.10 Å². The highest BCUT2D eigenvalue weighted by Gasteiger charge is 2.14. The Morgan fingerprint density at radius 3 is 2.55 bits per heavy atom. The van der Waals surface area contributed by atoms with Gasteiger partial charge in [-0.2, -0.15) is 0 Å². The molecule has 0 bridgehead atoms. The summed E-state index contributed by atoms with van der Waals surface area (Å²) in [4.78, 5) is 25.2. The van der Waals surface area contributed by atoms with Crippen LogP contribution in [0, 0.1) is 0 Å². The zero-order valence-electron chi connectivity index (χ0n) is 15.5. The van der Waals surface area contributed by atoms with Gasteiger partial charge in [-0.25, -0.2) is 0 Å². The first-order valence-electron chi connectivity index (χ1n) is 8.72. The summed E-state index contributed by atoms with van der Waals surface area (Å²) in [7, 11) is 1.56. The van der Waals surface area contributed by atoms with E-state index in [-0.39, 0.29) is 18.4 Å². The van der Waals surface area contributed by atoms with E-state index in [9.17, 15) is 14.7 Å². The van der Waals surface area contributed by atoms with E-state index in [1.54, 1.807) is 61.0 Å². The molecule has 1 atom stereocenters. The van der Waals surface area contributed by atoms with Crippen molar-refractivity contribution in [1.29, 1.82) is 0 Å². The van der Waals surface area contributed by atoms with Crippen molar-refractivity contribution >= 4 is 40.4 Å². The van der Waals surface area contributed by atoms with Crippen molar-refractivity contribution < 1.29 is 19.4 Å². The van der Waals surface area contributed by atoms with Crippen molar-refractivity contribution in [3.8, 4) is 5.75 Å². The molecule has 29 heavy (non-hydrogen) atoms. The molecule has 0 aliphatic carbocycles. The van der Waals surface area contributed by atoms with Crippen LogP contribution >= 0.6 is 22.9 Å². The monoisotopic (exact) mass is 430 g/mol. The Bertz CT molecular complexity index is 990. The molecule has 8 heteroatoms. The number of amides is 2. The lowest BCUT2D eigenvalue weighted by molar-refractivity contribution is 0.0915. The second kappa shape index (κ2) is 9.56. The second-order valence-corrected chi connectivity index (χ2v) is 7.48. The van der Waals surface area contributed by atoms with Crippen LogP contribution in [-0.2, 0) is 0 Å². The molecule has 1 aromatic heterocycles. The van der Waals surface area contributed by atoms with Gasteiger partial charge in [0.15, 0.2) is 0 Å². The number of benzene rings is 2. The van der Waals surface area contributed by atoms with Crippen molar-refractivity contribution in [2.24, 2.45) is 0 Å². The summed E-state index contributed by atoms with van der Waals surface area (Å²) in [5.41, 5.74) is 1.32. The third-order valence-corrected chi connectivity index (χ3v) is 5.38. The number of hydrogen-bond acceptors (Lipinski definition) is 5. The van der Waals surface area contributed by atoms with Gasteiger partial charge in [0.05, 0.1) is 28.8 Å². The van der Waals surface area contributed by atoms with Crippen molar-refractivity contribution in [1.82, 2.24) is 5.32 Å². The molecule has 0 saturated heterocycles. The van der Waals surface area contributed by atoms with Crippen molar-refractivity contribution in [2.75, 3.05) is 19.0 Å². The number of rotatable bonds is 7. The van der Waals surface area contributed by atoms with Gasteiger partial charge in [-0.15, -0.1) is 11.3 Å². The standard InChI is InChI=1S/C21H19ClN2O4S/c1-28-15-7-4-13(5-8-15)18(25)12-23-20(26)14-6-9-16(22)17(11-14)24-21(27)19-3-2-10-29-19/h2-11,18,25H,12H2,1H3,(H,23,26)(H,24,27). The van der Waals surface area contributed by atoms with Crippen LogP contribution in [0.4, 0.5) is 5.69 Å². The quantitative estimate of drug-likeness (QED) is 0.526. The predicted octanol–water partition coefficient (Wildman–Crippen LogP) is 4.13. The summed E-state index contributed by atoms with van der Waals surface area (Å²) >= 11 is 7.45. The maximum atomic E-state index is 12.5. The Morgan fingerprint density at radius 1 is 1.14 bits per heavy atom. The first-order chi connectivity index (χ1) is 14.0. The molecule has 3 aromatic rings. The molecule has 0 fully saturated rings. The Kier molecular flexibility index (Phi) is 6.87. The minimum atomic E-state index is -0.866. The fourth-order valence-electron chi connectivity index (χ4n) is 2.59. The number of thiophene rings is 1. The Hall–Kier alpha value is -2.87. The van der Waals surface area contributed by atoms with E-state index in [4.69, 9.17) is 16.3 Å². The normalized spacial score (nSPS) is 11.6. The molecule has 0 spiro atoms. The van der Waals surface area contributed by atoms with E-state index in [1.807, 2.05) is 0 Å². The van der Waals surface area contributed by atoms with Crippen molar-refractivity contribution in [3.05, 3.63) is 81.0 Å². The van der Waals surface area contributed by atoms with Crippen molar-refractivity contribution in [2.45, 2.75) is 6.10 Å². The van der Waals surface area contributed by atoms with Gasteiger partial charge in [0.2, 0.25) is 0 Å². The SMILES string of the molecule is COc1ccc(C(O)CNC(=O)c2ccc(Cl)c(NC(=O)c3cccs3)c2)cc1. The summed E-state index contributed by atoms with van der Waals surface area (Å²) < 4.78 is 5.09. The van der Waals surface area contributed by atoms with Gasteiger partial charge >= 0.3 is 0 Å². The van der Waals surface area contributed by atoms with Crippen LogP contribution in [0.3, 0.4) is 0 Å². The lowest BCUT2D eigenvalue weighted by atomic mass is 10.1. The predicted molar refractivity (Wildman–Crippen MR) is 114 cm³/mol. The van der Waals surface area contributed by atoms with E-state index in [0.29, 0.717) is 32.5 Å². The molecular formula is C21H19ClN2O4S. The minimum absolute atomic E-state index is 0.0324. The lowest BCUT2D eigenvalue weighted by Gasteiger charge is -2.14. The fourth-order valence-corrected chi connectivity index (χ4v) is 3.37. The summed E-state index contributed by atoms with van der Waals surface area (Å²) in [6.45, 7) is 0.0324. The maximum Gasteiger partial charge on any atom is 0.265 e. The first-order valence-corrected chi connectivity index (χ1v) is 9.98. The highest BCUT2D eigenvalue weighted by Crippen LogP contribution is 2.24. The molecule has 2 aromatic carbocycles. The number of carbonyl (C=O) groups excluding carboxylic acids is 2. The Labute approximate surface area is 177 Å². The van der Waals surface area contributed by atoms with E-state index in [1.165, 1.54) is 17.4 Å². The van der Waals surface area contributed by atoms with Crippen LogP contribution in [-0.4, -0.2) is 30.6 Å². The average Bonchev–Trinajstić information content (AvgIpc) is 3.28. The Balaban J connectivity index is 1.63. The summed E-state index contributed by atoms with van der Waals surface area (Å²) in [5, 5.41) is 17.8. The second-order valence-electron chi connectivity index (χ2n) is 6.13. The van der Waals surface area contributed by atoms with E-state index in [2.05, 4.69) is 10.6 Å². The highest BCUT2D eigenvalue weighted by molar-refractivity contribution is 7.12. The van der Waals surface area contributed by atoms with Crippen LogP contribution < -0.4 is 15.4 Å². The molecule has 1 heterocycles. The lowest BCUT2D eigenvalue weighted by Crippen LogP contribution is -2.28. The van der Waals surface area contributed by atoms with Crippen LogP contribution in [0.15, 0.2) is 60.0 Å². The number of carbonyl (C=O) groups is 2. The van der Waals surface area contributed by atoms with Gasteiger partial charge in [-0.05, 0) is 47.3 Å². The number of methoxy groups -OCH3 is 1. The third kappa shape index (κ3) is 5.35. The van der Waals surface area contributed by atoms with E-state index in [0.717, 1.165) is 0 Å². The summed E-state index contributed by atoms with van der Waals surface area (Å²) in [6, 6.07) is 15.0. The van der Waals surface area contributed by atoms with Gasteiger partial charge in [0.1, 0.15) is 5.75 Å². The zero-order chi connectivity index (χ0) is 20.8. The summed E-state index contributed by atoms with van der Waals surface area (Å²) in [6.07, 6.45) is -0.866. The topological polar surface area (TPSA) is 87.7 Å². The number of anilines is 1. The van der Waals surface area contributed by atoms with E-state index >= 15 is 0 Å². The largest absolute Gasteiger partial charge is 0.497 e. The molecule has 3 rings (SSSR count). The summed E-state index contributed by atoms with van der Waals surface area (Å²) in [5.74, 6) is -0.00138. The minimum Gasteiger partial charge on any atom is -0.497 e. The smallest absolute Gasteiger partial charge is 0.265 e. The van der Waals surface area contributed by atoms with Crippen LogP contribution in [0.5, 0.6) is 5.75 Å². The molecule has 2 amide bonds. The number of halogens is 1. The molecule has 0 aliphatic heterocycles. The fraction of sp³-hybridized carbons (Fsp3) is 0.143. The molecule has 6 nitrogen and oxygen atoms in total. The molecule has 150 valence electrons. The molecule has 0 radical (unpaired) electrons. The highest BCUT2D eigenvalue weighted by atomic mass is 35.5. The number of nitrogens with one attached hydrogen (secondary N) is 2. The maximum absolute atomic E-state index is 12.5. The molecule has 1 unspecified atom stereocenters. The third-order valence-electron chi connectivity index (χ3n) is 4.18. The Morgan fingerprint density at radius 2 is 1.90 bits per heavy atom. The van der Waals surface area contributed by atoms with Crippen LogP contribution in [0.1, 0.15) is 31.7 Å². The van der Waals surface area contributed by atoms with Crippen molar-refractivity contribution in [3.63, 3.8) is 0 Å². The molecule has 0 aliphatic rings. The van der Waals surface area contributed by atoms with Gasteiger partial charge in [-0.1, -0.05) is 29.8 Å². The first kappa shape index (κ1) is 20.9. The van der Waals surface area contributed by atoms with Crippen LogP contribution in [0.25, 0.3) is 0 Å². The number of ether oxygens (including phenoxy) is 1. The molecule has 0 saturated carbocycles. The van der Waals surface area contributed by atoms with Gasteiger partial charge in [0, 0.05) is 12.1 Å².